The third-order valence-electron chi connectivity index (χ3n) is 4.90. The molecule has 1 amide bonds. The number of hydrogen-bond donors (Lipinski definition) is 2. The van der Waals surface area contributed by atoms with Gasteiger partial charge >= 0.3 is 6.09 Å². The van der Waals surface area contributed by atoms with E-state index < -0.39 is 11.2 Å². The summed E-state index contributed by atoms with van der Waals surface area (Å²) in [5.41, 5.74) is 0.0660. The van der Waals surface area contributed by atoms with Crippen molar-refractivity contribution in [3.8, 4) is 0 Å². The van der Waals surface area contributed by atoms with E-state index in [1.165, 1.54) is 0 Å². The SMILES string of the molecule is CC(C)(C)OC(=O)N1CCC(O)(c2cc(CO)c3ccccc3c2)CC1. The number of carbonyl (C=O) groups is 1. The molecule has 2 N–H and O–H groups in total. The van der Waals surface area contributed by atoms with Crippen LogP contribution in [0.2, 0.25) is 0 Å². The molecule has 0 radical (unpaired) electrons. The van der Waals surface area contributed by atoms with Crippen LogP contribution in [-0.2, 0) is 16.9 Å². The molecule has 0 atom stereocenters. The Morgan fingerprint density at radius 2 is 1.85 bits per heavy atom. The molecule has 5 nitrogen and oxygen atoms in total. The number of hydrogen-bond acceptors (Lipinski definition) is 4. The molecule has 1 aliphatic rings. The number of fused-ring (bicyclic) bond motifs is 1. The van der Waals surface area contributed by atoms with Gasteiger partial charge in [0.2, 0.25) is 0 Å². The third-order valence-corrected chi connectivity index (χ3v) is 4.90. The van der Waals surface area contributed by atoms with Gasteiger partial charge in [0.1, 0.15) is 5.60 Å². The zero-order chi connectivity index (χ0) is 18.9. The Kier molecular flexibility index (Phi) is 4.95. The number of rotatable bonds is 2. The highest BCUT2D eigenvalue weighted by Crippen LogP contribution is 2.36. The summed E-state index contributed by atoms with van der Waals surface area (Å²) in [6, 6.07) is 11.7. The predicted molar refractivity (Wildman–Crippen MR) is 101 cm³/mol. The van der Waals surface area contributed by atoms with Gasteiger partial charge < -0.3 is 19.8 Å². The highest BCUT2D eigenvalue weighted by molar-refractivity contribution is 5.86. The average Bonchev–Trinajstić information content (AvgIpc) is 2.59. The molecule has 0 bridgehead atoms. The van der Waals surface area contributed by atoms with Crippen LogP contribution in [0.1, 0.15) is 44.7 Å². The molecule has 0 spiro atoms. The maximum absolute atomic E-state index is 12.2. The van der Waals surface area contributed by atoms with E-state index in [1.54, 1.807) is 4.90 Å². The number of amides is 1. The lowest BCUT2D eigenvalue weighted by Crippen LogP contribution is -2.46. The number of piperidine rings is 1. The quantitative estimate of drug-likeness (QED) is 0.862. The van der Waals surface area contributed by atoms with Gasteiger partial charge in [0, 0.05) is 13.1 Å². The molecule has 2 aromatic rings. The molecule has 0 unspecified atom stereocenters. The van der Waals surface area contributed by atoms with Crippen LogP contribution in [0, 0.1) is 0 Å². The van der Waals surface area contributed by atoms with Gasteiger partial charge in [-0.3, -0.25) is 0 Å². The predicted octanol–water partition coefficient (Wildman–Crippen LogP) is 3.55. The number of benzene rings is 2. The summed E-state index contributed by atoms with van der Waals surface area (Å²) in [6.07, 6.45) is 0.541. The van der Waals surface area contributed by atoms with Crippen molar-refractivity contribution in [3.05, 3.63) is 47.5 Å². The summed E-state index contributed by atoms with van der Waals surface area (Å²) in [5.74, 6) is 0. The Morgan fingerprint density at radius 3 is 2.46 bits per heavy atom. The normalized spacial score (nSPS) is 17.3. The lowest BCUT2D eigenvalue weighted by molar-refractivity contribution is -0.0356. The highest BCUT2D eigenvalue weighted by Gasteiger charge is 2.37. The molecule has 0 saturated carbocycles. The van der Waals surface area contributed by atoms with Crippen molar-refractivity contribution in [1.29, 1.82) is 0 Å². The Morgan fingerprint density at radius 1 is 1.19 bits per heavy atom. The van der Waals surface area contributed by atoms with E-state index in [9.17, 15) is 15.0 Å². The van der Waals surface area contributed by atoms with Gasteiger partial charge in [0.15, 0.2) is 0 Å². The molecule has 2 aromatic carbocycles. The standard InChI is InChI=1S/C21H27NO4/c1-20(2,3)26-19(24)22-10-8-21(25,9-11-22)17-12-15-6-4-5-7-18(15)16(13-17)14-23/h4-7,12-13,23,25H,8-11,14H2,1-3H3. The zero-order valence-corrected chi connectivity index (χ0v) is 15.7. The monoisotopic (exact) mass is 357 g/mol. The van der Waals surface area contributed by atoms with Crippen molar-refractivity contribution in [3.63, 3.8) is 0 Å². The smallest absolute Gasteiger partial charge is 0.410 e. The van der Waals surface area contributed by atoms with E-state index in [0.717, 1.165) is 21.9 Å². The zero-order valence-electron chi connectivity index (χ0n) is 15.7. The molecule has 140 valence electrons. The van der Waals surface area contributed by atoms with E-state index in [1.807, 2.05) is 57.2 Å². The van der Waals surface area contributed by atoms with Gasteiger partial charge in [-0.1, -0.05) is 24.3 Å². The Labute approximate surface area is 154 Å². The third kappa shape index (κ3) is 3.84. The minimum Gasteiger partial charge on any atom is -0.444 e. The van der Waals surface area contributed by atoms with Crippen LogP contribution in [0.4, 0.5) is 4.79 Å². The van der Waals surface area contributed by atoms with Gasteiger partial charge in [0.05, 0.1) is 12.2 Å². The van der Waals surface area contributed by atoms with Crippen molar-refractivity contribution in [2.24, 2.45) is 0 Å². The number of aliphatic hydroxyl groups excluding tert-OH is 1. The molecule has 0 aromatic heterocycles. The Balaban J connectivity index is 1.81. The molecule has 1 fully saturated rings. The van der Waals surface area contributed by atoms with E-state index >= 15 is 0 Å². The Hall–Kier alpha value is -2.11. The van der Waals surface area contributed by atoms with Crippen molar-refractivity contribution in [1.82, 2.24) is 4.90 Å². The molecule has 0 aliphatic carbocycles. The van der Waals surface area contributed by atoms with Crippen LogP contribution in [0.25, 0.3) is 10.8 Å². The molecular formula is C21H27NO4. The summed E-state index contributed by atoms with van der Waals surface area (Å²) < 4.78 is 5.42. The first-order valence-corrected chi connectivity index (χ1v) is 9.05. The summed E-state index contributed by atoms with van der Waals surface area (Å²) in [5, 5.41) is 22.9. The first-order chi connectivity index (χ1) is 12.2. The molecule has 5 heteroatoms. The molecule has 3 rings (SSSR count). The second-order valence-corrected chi connectivity index (χ2v) is 8.01. The van der Waals surface area contributed by atoms with E-state index in [0.29, 0.717) is 25.9 Å². The second-order valence-electron chi connectivity index (χ2n) is 8.01. The molecule has 1 heterocycles. The van der Waals surface area contributed by atoms with Crippen LogP contribution in [0.3, 0.4) is 0 Å². The summed E-state index contributed by atoms with van der Waals surface area (Å²) in [6.45, 7) is 6.33. The fourth-order valence-corrected chi connectivity index (χ4v) is 3.46. The summed E-state index contributed by atoms with van der Waals surface area (Å²) in [7, 11) is 0. The first-order valence-electron chi connectivity index (χ1n) is 9.05. The van der Waals surface area contributed by atoms with Gasteiger partial charge in [-0.05, 0) is 67.6 Å². The Bertz CT molecular complexity index is 801. The van der Waals surface area contributed by atoms with Crippen molar-refractivity contribution in [2.45, 2.75) is 51.4 Å². The van der Waals surface area contributed by atoms with E-state index in [-0.39, 0.29) is 12.7 Å². The average molecular weight is 357 g/mol. The second kappa shape index (κ2) is 6.89. The topological polar surface area (TPSA) is 70.0 Å². The number of likely N-dealkylation sites (tertiary alicyclic amines) is 1. The minimum absolute atomic E-state index is 0.0749. The lowest BCUT2D eigenvalue weighted by atomic mass is 9.82. The minimum atomic E-state index is -1.01. The molecule has 1 saturated heterocycles. The van der Waals surface area contributed by atoms with Crippen LogP contribution >= 0.6 is 0 Å². The summed E-state index contributed by atoms with van der Waals surface area (Å²) in [4.78, 5) is 13.9. The number of nitrogens with zero attached hydrogens (tertiary/aromatic N) is 1. The number of carbonyl (C=O) groups excluding carboxylic acids is 1. The van der Waals surface area contributed by atoms with Crippen molar-refractivity contribution in [2.75, 3.05) is 13.1 Å². The van der Waals surface area contributed by atoms with Crippen LogP contribution in [0.15, 0.2) is 36.4 Å². The maximum Gasteiger partial charge on any atom is 0.410 e. The molecule has 1 aliphatic heterocycles. The van der Waals surface area contributed by atoms with Crippen LogP contribution < -0.4 is 0 Å². The maximum atomic E-state index is 12.2. The highest BCUT2D eigenvalue weighted by atomic mass is 16.6. The van der Waals surface area contributed by atoms with Crippen molar-refractivity contribution < 1.29 is 19.7 Å². The van der Waals surface area contributed by atoms with E-state index in [4.69, 9.17) is 4.74 Å². The lowest BCUT2D eigenvalue weighted by Gasteiger charge is -2.39. The van der Waals surface area contributed by atoms with Gasteiger partial charge in [-0.15, -0.1) is 0 Å². The van der Waals surface area contributed by atoms with E-state index in [2.05, 4.69) is 0 Å². The summed E-state index contributed by atoms with van der Waals surface area (Å²) >= 11 is 0. The van der Waals surface area contributed by atoms with Crippen LogP contribution in [-0.4, -0.2) is 39.9 Å². The number of ether oxygens (including phenoxy) is 1. The van der Waals surface area contributed by atoms with Gasteiger partial charge in [-0.2, -0.15) is 0 Å². The molecular weight excluding hydrogens is 330 g/mol. The van der Waals surface area contributed by atoms with Crippen molar-refractivity contribution >= 4 is 16.9 Å². The van der Waals surface area contributed by atoms with Crippen LogP contribution in [0.5, 0.6) is 0 Å². The fraction of sp³-hybridized carbons (Fsp3) is 0.476. The van der Waals surface area contributed by atoms with Gasteiger partial charge in [-0.25, -0.2) is 4.79 Å². The largest absolute Gasteiger partial charge is 0.444 e. The first kappa shape index (κ1) is 18.7. The fourth-order valence-electron chi connectivity index (χ4n) is 3.46. The number of aliphatic hydroxyl groups is 2. The van der Waals surface area contributed by atoms with Gasteiger partial charge in [0.25, 0.3) is 0 Å². The molecule has 26 heavy (non-hydrogen) atoms.